The van der Waals surface area contributed by atoms with Crippen LogP contribution < -0.4 is 0 Å². The maximum atomic E-state index is 2.42. The Bertz CT molecular complexity index is 159. The zero-order valence-electron chi connectivity index (χ0n) is 13.2. The van der Waals surface area contributed by atoms with E-state index >= 15 is 0 Å². The van der Waals surface area contributed by atoms with E-state index in [9.17, 15) is 0 Å². The van der Waals surface area contributed by atoms with Crippen molar-refractivity contribution < 1.29 is 0 Å². The van der Waals surface area contributed by atoms with Crippen LogP contribution in [0.5, 0.6) is 0 Å². The molecule has 97 valence electrons. The summed E-state index contributed by atoms with van der Waals surface area (Å²) in [5, 5.41) is 0. The van der Waals surface area contributed by atoms with Crippen LogP contribution in [0.3, 0.4) is 0 Å². The van der Waals surface area contributed by atoms with Crippen LogP contribution in [0.15, 0.2) is 0 Å². The Hall–Kier alpha value is 0.870. The van der Waals surface area contributed by atoms with Crippen molar-refractivity contribution in [1.29, 1.82) is 0 Å². The Balaban J connectivity index is 4.53. The Morgan fingerprint density at radius 1 is 0.500 bits per heavy atom. The van der Waals surface area contributed by atoms with E-state index in [4.69, 9.17) is 0 Å². The predicted molar refractivity (Wildman–Crippen MR) is 78.5 cm³/mol. The second-order valence-corrected chi connectivity index (χ2v) is 17.6. The molecule has 0 amide bonds. The summed E-state index contributed by atoms with van der Waals surface area (Å²) in [5.41, 5.74) is 1.66. The molecule has 0 nitrogen and oxygen atoms in total. The molecule has 0 saturated carbocycles. The molecule has 0 aromatic heterocycles. The Kier molecular flexibility index (Phi) is 5.98. The fraction of sp³-hybridized carbons (Fsp3) is 1.00. The summed E-state index contributed by atoms with van der Waals surface area (Å²) >= 11 is -1.36. The first-order valence-corrected chi connectivity index (χ1v) is 13.8. The van der Waals surface area contributed by atoms with Gasteiger partial charge in [0.2, 0.25) is 0 Å². The molecule has 0 fully saturated rings. The van der Waals surface area contributed by atoms with Crippen LogP contribution in [-0.2, 0) is 0 Å². The van der Waals surface area contributed by atoms with Gasteiger partial charge in [-0.3, -0.25) is 0 Å². The van der Waals surface area contributed by atoms with Gasteiger partial charge in [-0.25, -0.2) is 0 Å². The molecule has 1 radical (unpaired) electrons. The van der Waals surface area contributed by atoms with Gasteiger partial charge in [0.05, 0.1) is 0 Å². The van der Waals surface area contributed by atoms with Gasteiger partial charge in [-0.05, 0) is 0 Å². The summed E-state index contributed by atoms with van der Waals surface area (Å²) < 4.78 is 4.68. The van der Waals surface area contributed by atoms with Gasteiger partial charge in [0, 0.05) is 0 Å². The van der Waals surface area contributed by atoms with Crippen LogP contribution in [0, 0.1) is 16.2 Å². The van der Waals surface area contributed by atoms with Gasteiger partial charge in [0.25, 0.3) is 0 Å². The van der Waals surface area contributed by atoms with Gasteiger partial charge in [0.15, 0.2) is 0 Å². The van der Waals surface area contributed by atoms with E-state index in [0.717, 1.165) is 0 Å². The molecule has 0 aromatic rings. The first-order chi connectivity index (χ1) is 6.79. The molecule has 0 bridgehead atoms. The molecular weight excluding hydrogens is 295 g/mol. The monoisotopic (exact) mass is 328 g/mol. The molecule has 0 saturated heterocycles. The topological polar surface area (TPSA) is 0 Å². The quantitative estimate of drug-likeness (QED) is 0.631. The normalized spacial score (nSPS) is 14.6. The van der Waals surface area contributed by atoms with E-state index in [-0.39, 0.29) is 0 Å². The van der Waals surface area contributed by atoms with Crippen LogP contribution in [0.1, 0.15) is 62.3 Å². The molecule has 1 heteroatoms. The third-order valence-electron chi connectivity index (χ3n) is 2.70. The van der Waals surface area contributed by atoms with E-state index in [1.807, 2.05) is 0 Å². The van der Waals surface area contributed by atoms with E-state index in [0.29, 0.717) is 16.2 Å². The van der Waals surface area contributed by atoms with E-state index in [1.165, 1.54) is 0 Å². The summed E-state index contributed by atoms with van der Waals surface area (Å²) in [6.07, 6.45) is 0. The summed E-state index contributed by atoms with van der Waals surface area (Å²) in [5.74, 6) is 0. The van der Waals surface area contributed by atoms with Crippen molar-refractivity contribution in [3.8, 4) is 0 Å². The fourth-order valence-electron chi connectivity index (χ4n) is 2.81. The first kappa shape index (κ1) is 16.9. The molecule has 0 unspecified atom stereocenters. The van der Waals surface area contributed by atoms with Crippen molar-refractivity contribution in [2.75, 3.05) is 0 Å². The summed E-state index contributed by atoms with van der Waals surface area (Å²) in [4.78, 5) is 0. The van der Waals surface area contributed by atoms with Crippen molar-refractivity contribution in [2.24, 2.45) is 16.2 Å². The zero-order valence-corrected chi connectivity index (χ0v) is 16.5. The number of rotatable bonds is 3. The molecule has 0 N–H and O–H groups in total. The Morgan fingerprint density at radius 2 is 0.688 bits per heavy atom. The second-order valence-electron chi connectivity index (χ2n) is 9.16. The first-order valence-electron chi connectivity index (χ1n) is 6.79. The minimum absolute atomic E-state index is 0.553. The van der Waals surface area contributed by atoms with Crippen molar-refractivity contribution >= 4 is 21.4 Å². The van der Waals surface area contributed by atoms with Crippen LogP contribution in [0.2, 0.25) is 12.5 Å². The van der Waals surface area contributed by atoms with Gasteiger partial charge in [-0.2, -0.15) is 0 Å². The van der Waals surface area contributed by atoms with Gasteiger partial charge in [-0.15, -0.1) is 0 Å². The predicted octanol–water partition coefficient (Wildman–Crippen LogP) is 5.62. The fourth-order valence-corrected chi connectivity index (χ4v) is 18.9. The van der Waals surface area contributed by atoms with E-state index < -0.39 is 21.4 Å². The molecule has 0 aliphatic rings. The molecule has 0 spiro atoms. The summed E-state index contributed by atoms with van der Waals surface area (Å²) in [6, 6.07) is 0. The molecule has 0 aliphatic carbocycles. The molecule has 0 atom stereocenters. The van der Waals surface area contributed by atoms with Crippen LogP contribution >= 0.6 is 0 Å². The van der Waals surface area contributed by atoms with Gasteiger partial charge < -0.3 is 0 Å². The minimum atomic E-state index is -1.36. The zero-order chi connectivity index (χ0) is 13.2. The molecule has 0 heterocycles. The van der Waals surface area contributed by atoms with Gasteiger partial charge in [-0.1, -0.05) is 0 Å². The SMILES string of the molecule is CC(C)(C)[CH2][In-]([CH2]C(C)(C)C)[CH2]C(C)(C)C. The van der Waals surface area contributed by atoms with Crippen molar-refractivity contribution in [2.45, 2.75) is 74.8 Å². The van der Waals surface area contributed by atoms with Crippen molar-refractivity contribution in [3.63, 3.8) is 0 Å². The van der Waals surface area contributed by atoms with Crippen molar-refractivity contribution in [3.05, 3.63) is 0 Å². The average Bonchev–Trinajstić information content (AvgIpc) is 1.70. The third kappa shape index (κ3) is 11.4. The maximum absolute atomic E-state index is 2.42. The number of hydrogen-bond acceptors (Lipinski definition) is 0. The van der Waals surface area contributed by atoms with Crippen LogP contribution in [0.25, 0.3) is 0 Å². The summed E-state index contributed by atoms with van der Waals surface area (Å²) in [7, 11) is 0. The van der Waals surface area contributed by atoms with Crippen LogP contribution in [-0.4, -0.2) is 21.4 Å². The van der Waals surface area contributed by atoms with Crippen LogP contribution in [0.4, 0.5) is 0 Å². The van der Waals surface area contributed by atoms with Crippen molar-refractivity contribution in [1.82, 2.24) is 0 Å². The van der Waals surface area contributed by atoms with Gasteiger partial charge >= 0.3 is 113 Å². The third-order valence-corrected chi connectivity index (χ3v) is 18.1. The Labute approximate surface area is 112 Å². The Morgan fingerprint density at radius 3 is 0.812 bits per heavy atom. The van der Waals surface area contributed by atoms with E-state index in [2.05, 4.69) is 62.3 Å². The number of hydrogen-bond donors (Lipinski definition) is 0. The molecule has 16 heavy (non-hydrogen) atoms. The molecular formula is C15H33In-. The van der Waals surface area contributed by atoms with E-state index in [1.54, 1.807) is 12.5 Å². The summed E-state index contributed by atoms with van der Waals surface area (Å²) in [6.45, 7) is 21.8. The second kappa shape index (κ2) is 5.67. The molecule has 0 aliphatic heterocycles. The average molecular weight is 328 g/mol. The van der Waals surface area contributed by atoms with Gasteiger partial charge in [0.1, 0.15) is 0 Å². The molecule has 0 aromatic carbocycles. The molecule has 0 rings (SSSR count). The standard InChI is InChI=1S/3C5H11.In/c3*1-5(2,3)4;/h3*1H2,2-4H3;/q;;;-1.